The van der Waals surface area contributed by atoms with Crippen LogP contribution in [0.4, 0.5) is 13.2 Å². The van der Waals surface area contributed by atoms with Gasteiger partial charge in [-0.25, -0.2) is 0 Å². The van der Waals surface area contributed by atoms with Crippen LogP contribution in [0.1, 0.15) is 29.4 Å². The number of carbonyl (C=O) groups excluding carboxylic acids is 1. The third-order valence-corrected chi connectivity index (χ3v) is 4.11. The molecular weight excluding hydrogens is 333 g/mol. The molecule has 0 bridgehead atoms. The first-order valence-electron chi connectivity index (χ1n) is 8.00. The highest BCUT2D eigenvalue weighted by atomic mass is 19.4. The molecule has 1 aliphatic heterocycles. The van der Waals surface area contributed by atoms with E-state index in [1.807, 2.05) is 10.7 Å². The van der Waals surface area contributed by atoms with Gasteiger partial charge in [-0.15, -0.1) is 0 Å². The Bertz CT molecular complexity index is 769. The van der Waals surface area contributed by atoms with Crippen LogP contribution in [-0.4, -0.2) is 27.1 Å². The van der Waals surface area contributed by atoms with Crippen LogP contribution in [-0.2, 0) is 37.1 Å². The van der Waals surface area contributed by atoms with Crippen molar-refractivity contribution in [1.82, 2.24) is 20.0 Å². The van der Waals surface area contributed by atoms with E-state index in [1.165, 1.54) is 19.1 Å². The number of benzene rings is 1. The molecule has 0 spiro atoms. The smallest absolute Gasteiger partial charge is 0.351 e. The van der Waals surface area contributed by atoms with Crippen LogP contribution < -0.4 is 5.32 Å². The third kappa shape index (κ3) is 4.39. The van der Waals surface area contributed by atoms with Crippen molar-refractivity contribution in [3.8, 4) is 0 Å². The van der Waals surface area contributed by atoms with Crippen LogP contribution in [0.2, 0.25) is 0 Å². The molecule has 8 heteroatoms. The molecule has 2 aromatic rings. The Morgan fingerprint density at radius 2 is 2.08 bits per heavy atom. The third-order valence-electron chi connectivity index (χ3n) is 4.11. The molecule has 5 nitrogen and oxygen atoms in total. The molecule has 0 atom stereocenters. The molecule has 1 amide bonds. The SMILES string of the molecule is CC(=O)NCc1cc2n(n1)CCN(Cc1cccc(C(F)(F)F)c1)C2. The maximum absolute atomic E-state index is 12.8. The summed E-state index contributed by atoms with van der Waals surface area (Å²) in [5.41, 5.74) is 1.80. The number of hydrogen-bond acceptors (Lipinski definition) is 3. The van der Waals surface area contributed by atoms with E-state index in [1.54, 1.807) is 6.07 Å². The van der Waals surface area contributed by atoms with Gasteiger partial charge in [-0.3, -0.25) is 14.4 Å². The second kappa shape index (κ2) is 6.87. The maximum atomic E-state index is 12.8. The van der Waals surface area contributed by atoms with E-state index >= 15 is 0 Å². The number of fused-ring (bicyclic) bond motifs is 1. The summed E-state index contributed by atoms with van der Waals surface area (Å²) in [5.74, 6) is -0.114. The largest absolute Gasteiger partial charge is 0.416 e. The molecule has 1 aliphatic rings. The normalized spacial score (nSPS) is 15.0. The molecule has 0 saturated heterocycles. The zero-order valence-corrected chi connectivity index (χ0v) is 13.8. The van der Waals surface area contributed by atoms with Gasteiger partial charge in [0.1, 0.15) is 0 Å². The Morgan fingerprint density at radius 3 is 2.80 bits per heavy atom. The lowest BCUT2D eigenvalue weighted by Gasteiger charge is -2.27. The van der Waals surface area contributed by atoms with E-state index in [2.05, 4.69) is 15.3 Å². The molecular formula is C17H19F3N4O. The summed E-state index contributed by atoms with van der Waals surface area (Å²) in [7, 11) is 0. The average molecular weight is 352 g/mol. The van der Waals surface area contributed by atoms with E-state index in [-0.39, 0.29) is 5.91 Å². The molecule has 1 N–H and O–H groups in total. The molecule has 134 valence electrons. The first-order valence-corrected chi connectivity index (χ1v) is 8.00. The lowest BCUT2D eigenvalue weighted by molar-refractivity contribution is -0.137. The highest BCUT2D eigenvalue weighted by Crippen LogP contribution is 2.30. The number of nitrogens with one attached hydrogen (secondary N) is 1. The summed E-state index contributed by atoms with van der Waals surface area (Å²) in [4.78, 5) is 13.1. The van der Waals surface area contributed by atoms with E-state index in [4.69, 9.17) is 0 Å². The number of carbonyl (C=O) groups is 1. The molecule has 0 aliphatic carbocycles. The monoisotopic (exact) mass is 352 g/mol. The number of hydrogen-bond donors (Lipinski definition) is 1. The quantitative estimate of drug-likeness (QED) is 0.920. The topological polar surface area (TPSA) is 50.2 Å². The number of rotatable bonds is 4. The number of halogens is 3. The zero-order valence-electron chi connectivity index (χ0n) is 13.8. The summed E-state index contributed by atoms with van der Waals surface area (Å²) >= 11 is 0. The Kier molecular flexibility index (Phi) is 4.80. The summed E-state index contributed by atoms with van der Waals surface area (Å²) in [6.07, 6.45) is -4.32. The number of amides is 1. The van der Waals surface area contributed by atoms with Crippen molar-refractivity contribution in [2.75, 3.05) is 6.54 Å². The lowest BCUT2D eigenvalue weighted by atomic mass is 10.1. The minimum Gasteiger partial charge on any atom is -0.351 e. The summed E-state index contributed by atoms with van der Waals surface area (Å²) in [6.45, 7) is 4.29. The van der Waals surface area contributed by atoms with Crippen molar-refractivity contribution in [2.45, 2.75) is 39.3 Å². The predicted molar refractivity (Wildman–Crippen MR) is 85.3 cm³/mol. The first-order chi connectivity index (χ1) is 11.8. The molecule has 25 heavy (non-hydrogen) atoms. The molecule has 0 fully saturated rings. The molecule has 2 heterocycles. The number of nitrogens with zero attached hydrogens (tertiary/aromatic N) is 3. The van der Waals surface area contributed by atoms with Crippen LogP contribution in [0.3, 0.4) is 0 Å². The Morgan fingerprint density at radius 1 is 1.28 bits per heavy atom. The van der Waals surface area contributed by atoms with Gasteiger partial charge < -0.3 is 5.32 Å². The molecule has 1 aromatic carbocycles. The number of alkyl halides is 3. The highest BCUT2D eigenvalue weighted by Gasteiger charge is 2.30. The van der Waals surface area contributed by atoms with Gasteiger partial charge in [0.05, 0.1) is 30.0 Å². The standard InChI is InChI=1S/C17H19F3N4O/c1-12(25)21-9-15-8-16-11-23(5-6-24(16)22-15)10-13-3-2-4-14(7-13)17(18,19)20/h2-4,7-8H,5-6,9-11H2,1H3,(H,21,25). The molecule has 0 saturated carbocycles. The van der Waals surface area contributed by atoms with Crippen LogP contribution in [0, 0.1) is 0 Å². The van der Waals surface area contributed by atoms with Gasteiger partial charge in [0.2, 0.25) is 5.91 Å². The van der Waals surface area contributed by atoms with Gasteiger partial charge in [0.25, 0.3) is 0 Å². The van der Waals surface area contributed by atoms with Crippen LogP contribution in [0.15, 0.2) is 30.3 Å². The van der Waals surface area contributed by atoms with Gasteiger partial charge in [-0.05, 0) is 17.7 Å². The van der Waals surface area contributed by atoms with Crippen molar-refractivity contribution in [3.05, 3.63) is 52.8 Å². The van der Waals surface area contributed by atoms with Gasteiger partial charge in [0, 0.05) is 26.6 Å². The predicted octanol–water partition coefficient (Wildman–Crippen LogP) is 2.55. The Hall–Kier alpha value is -2.35. The second-order valence-corrected chi connectivity index (χ2v) is 6.17. The van der Waals surface area contributed by atoms with Gasteiger partial charge in [-0.2, -0.15) is 18.3 Å². The van der Waals surface area contributed by atoms with Crippen molar-refractivity contribution >= 4 is 5.91 Å². The van der Waals surface area contributed by atoms with Crippen molar-refractivity contribution in [2.24, 2.45) is 0 Å². The van der Waals surface area contributed by atoms with Crippen LogP contribution >= 0.6 is 0 Å². The molecule has 0 unspecified atom stereocenters. The zero-order chi connectivity index (χ0) is 18.0. The van der Waals surface area contributed by atoms with E-state index in [0.717, 1.165) is 17.5 Å². The molecule has 0 radical (unpaired) electrons. The molecule has 3 rings (SSSR count). The van der Waals surface area contributed by atoms with E-state index in [0.29, 0.717) is 38.3 Å². The molecule has 1 aromatic heterocycles. The highest BCUT2D eigenvalue weighted by molar-refractivity contribution is 5.72. The van der Waals surface area contributed by atoms with Crippen molar-refractivity contribution in [3.63, 3.8) is 0 Å². The summed E-state index contributed by atoms with van der Waals surface area (Å²) in [6, 6.07) is 7.37. The fraction of sp³-hybridized carbons (Fsp3) is 0.412. The minimum absolute atomic E-state index is 0.114. The van der Waals surface area contributed by atoms with Crippen molar-refractivity contribution < 1.29 is 18.0 Å². The lowest BCUT2D eigenvalue weighted by Crippen LogP contribution is -2.33. The van der Waals surface area contributed by atoms with Gasteiger partial charge in [-0.1, -0.05) is 18.2 Å². The summed E-state index contributed by atoms with van der Waals surface area (Å²) < 4.78 is 40.4. The van der Waals surface area contributed by atoms with Crippen LogP contribution in [0.25, 0.3) is 0 Å². The Labute approximate surface area is 143 Å². The Balaban J connectivity index is 1.66. The van der Waals surface area contributed by atoms with Gasteiger partial charge in [0.15, 0.2) is 0 Å². The average Bonchev–Trinajstić information content (AvgIpc) is 2.94. The second-order valence-electron chi connectivity index (χ2n) is 6.17. The van der Waals surface area contributed by atoms with E-state index in [9.17, 15) is 18.0 Å². The van der Waals surface area contributed by atoms with Crippen molar-refractivity contribution in [1.29, 1.82) is 0 Å². The summed E-state index contributed by atoms with van der Waals surface area (Å²) in [5, 5.41) is 7.14. The van der Waals surface area contributed by atoms with E-state index < -0.39 is 11.7 Å². The fourth-order valence-electron chi connectivity index (χ4n) is 2.92. The minimum atomic E-state index is -4.32. The first kappa shape index (κ1) is 17.5. The number of aromatic nitrogens is 2. The maximum Gasteiger partial charge on any atom is 0.416 e. The van der Waals surface area contributed by atoms with Gasteiger partial charge >= 0.3 is 6.18 Å². The van der Waals surface area contributed by atoms with Crippen LogP contribution in [0.5, 0.6) is 0 Å². The fourth-order valence-corrected chi connectivity index (χ4v) is 2.92.